The molecule has 1 aromatic heterocycles. The Hall–Kier alpha value is -1.88. The maximum Gasteiger partial charge on any atom is 0.226 e. The Labute approximate surface area is 118 Å². The molecule has 0 aliphatic heterocycles. The molecule has 0 fully saturated rings. The van der Waals surface area contributed by atoms with E-state index in [2.05, 4.69) is 17.1 Å². The Balaban J connectivity index is 2.02. The van der Waals surface area contributed by atoms with E-state index in [0.717, 1.165) is 18.4 Å². The van der Waals surface area contributed by atoms with Gasteiger partial charge in [-0.2, -0.15) is 4.98 Å². The van der Waals surface area contributed by atoms with Crippen LogP contribution in [-0.4, -0.2) is 15.2 Å². The monoisotopic (exact) mass is 276 g/mol. The molecule has 0 aliphatic rings. The molecular weight excluding hydrogens is 256 g/mol. The van der Waals surface area contributed by atoms with E-state index >= 15 is 0 Å². The molecule has 0 spiro atoms. The number of benzene rings is 1. The number of rotatable bonds is 7. The number of ether oxygens (including phenoxy) is 1. The summed E-state index contributed by atoms with van der Waals surface area (Å²) >= 11 is 0. The van der Waals surface area contributed by atoms with Crippen LogP contribution in [0.4, 0.5) is 0 Å². The summed E-state index contributed by atoms with van der Waals surface area (Å²) in [5, 5.41) is 13.8. The standard InChI is InChI=1S/C15H20N2O3/c1-3-7-15-16-14(17-20-15)10-19-13-9-6-5-8-11(13)12(18)4-2/h5-6,8-9,12,18H,3-4,7,10H2,1-2H3/t12-/m0/s1. The molecule has 0 bridgehead atoms. The first-order chi connectivity index (χ1) is 9.74. The highest BCUT2D eigenvalue weighted by atomic mass is 16.5. The SMILES string of the molecule is CCCc1nc(COc2ccccc2[C@@H](O)CC)no1. The van der Waals surface area contributed by atoms with Crippen molar-refractivity contribution in [3.05, 3.63) is 41.5 Å². The molecule has 1 atom stereocenters. The zero-order valence-electron chi connectivity index (χ0n) is 11.9. The molecule has 0 amide bonds. The highest BCUT2D eigenvalue weighted by Crippen LogP contribution is 2.27. The van der Waals surface area contributed by atoms with Crippen molar-refractivity contribution in [3.63, 3.8) is 0 Å². The van der Waals surface area contributed by atoms with Crippen LogP contribution in [0.3, 0.4) is 0 Å². The van der Waals surface area contributed by atoms with Crippen molar-refractivity contribution in [2.24, 2.45) is 0 Å². The Bertz CT molecular complexity index is 539. The van der Waals surface area contributed by atoms with Crippen LogP contribution in [-0.2, 0) is 13.0 Å². The minimum Gasteiger partial charge on any atom is -0.485 e. The second kappa shape index (κ2) is 7.05. The molecule has 0 unspecified atom stereocenters. The lowest BCUT2D eigenvalue weighted by Crippen LogP contribution is -2.03. The lowest BCUT2D eigenvalue weighted by atomic mass is 10.1. The van der Waals surface area contributed by atoms with Crippen molar-refractivity contribution in [2.45, 2.75) is 45.8 Å². The average Bonchev–Trinajstić information content (AvgIpc) is 2.93. The molecule has 0 saturated heterocycles. The van der Waals surface area contributed by atoms with Crippen LogP contribution in [0.5, 0.6) is 5.75 Å². The maximum atomic E-state index is 9.95. The molecule has 5 heteroatoms. The molecule has 5 nitrogen and oxygen atoms in total. The normalized spacial score (nSPS) is 12.3. The summed E-state index contributed by atoms with van der Waals surface area (Å²) < 4.78 is 10.8. The van der Waals surface area contributed by atoms with E-state index in [-0.39, 0.29) is 6.61 Å². The molecule has 1 N–H and O–H groups in total. The molecule has 108 valence electrons. The maximum absolute atomic E-state index is 9.95. The number of aliphatic hydroxyl groups excluding tert-OH is 1. The highest BCUT2D eigenvalue weighted by molar-refractivity contribution is 5.35. The van der Waals surface area contributed by atoms with E-state index in [1.807, 2.05) is 31.2 Å². The molecule has 1 aromatic carbocycles. The second-order valence-electron chi connectivity index (χ2n) is 4.60. The Kier molecular flexibility index (Phi) is 5.12. The van der Waals surface area contributed by atoms with E-state index in [9.17, 15) is 5.11 Å². The van der Waals surface area contributed by atoms with Crippen LogP contribution in [0.15, 0.2) is 28.8 Å². The van der Waals surface area contributed by atoms with E-state index in [0.29, 0.717) is 23.9 Å². The summed E-state index contributed by atoms with van der Waals surface area (Å²) in [6.07, 6.45) is 1.86. The first-order valence-electron chi connectivity index (χ1n) is 6.95. The molecule has 0 radical (unpaired) electrons. The van der Waals surface area contributed by atoms with Gasteiger partial charge in [0.2, 0.25) is 11.7 Å². The van der Waals surface area contributed by atoms with Crippen LogP contribution in [0, 0.1) is 0 Å². The van der Waals surface area contributed by atoms with Crippen molar-refractivity contribution in [1.29, 1.82) is 0 Å². The zero-order valence-corrected chi connectivity index (χ0v) is 11.9. The smallest absolute Gasteiger partial charge is 0.226 e. The van der Waals surface area contributed by atoms with Gasteiger partial charge in [0, 0.05) is 12.0 Å². The summed E-state index contributed by atoms with van der Waals surface area (Å²) in [6.45, 7) is 4.22. The first kappa shape index (κ1) is 14.5. The third-order valence-electron chi connectivity index (χ3n) is 3.00. The molecule has 2 aromatic rings. The number of aliphatic hydroxyl groups is 1. The summed E-state index contributed by atoms with van der Waals surface area (Å²) in [6, 6.07) is 7.46. The summed E-state index contributed by atoms with van der Waals surface area (Å²) in [5.74, 6) is 1.81. The van der Waals surface area contributed by atoms with Gasteiger partial charge >= 0.3 is 0 Å². The minimum absolute atomic E-state index is 0.237. The van der Waals surface area contributed by atoms with Crippen molar-refractivity contribution in [1.82, 2.24) is 10.1 Å². The number of para-hydroxylation sites is 1. The van der Waals surface area contributed by atoms with Crippen molar-refractivity contribution >= 4 is 0 Å². The van der Waals surface area contributed by atoms with Crippen molar-refractivity contribution in [3.8, 4) is 5.75 Å². The minimum atomic E-state index is -0.521. The van der Waals surface area contributed by atoms with E-state index in [1.165, 1.54) is 0 Å². The van der Waals surface area contributed by atoms with Crippen LogP contribution in [0.2, 0.25) is 0 Å². The van der Waals surface area contributed by atoms with Crippen molar-refractivity contribution < 1.29 is 14.4 Å². The largest absolute Gasteiger partial charge is 0.485 e. The number of hydrogen-bond acceptors (Lipinski definition) is 5. The van der Waals surface area contributed by atoms with Gasteiger partial charge in [-0.05, 0) is 18.9 Å². The fourth-order valence-corrected chi connectivity index (χ4v) is 1.91. The second-order valence-corrected chi connectivity index (χ2v) is 4.60. The first-order valence-corrected chi connectivity index (χ1v) is 6.95. The molecule has 0 saturated carbocycles. The van der Waals surface area contributed by atoms with Crippen molar-refractivity contribution in [2.75, 3.05) is 0 Å². The number of aryl methyl sites for hydroxylation is 1. The van der Waals surface area contributed by atoms with Gasteiger partial charge in [-0.15, -0.1) is 0 Å². The highest BCUT2D eigenvalue weighted by Gasteiger charge is 2.12. The van der Waals surface area contributed by atoms with Crippen LogP contribution < -0.4 is 4.74 Å². The lowest BCUT2D eigenvalue weighted by molar-refractivity contribution is 0.165. The fourth-order valence-electron chi connectivity index (χ4n) is 1.91. The molecule has 2 rings (SSSR count). The van der Waals surface area contributed by atoms with Gasteiger partial charge in [-0.1, -0.05) is 37.2 Å². The Morgan fingerprint density at radius 3 is 2.85 bits per heavy atom. The topological polar surface area (TPSA) is 68.4 Å². The molecule has 0 aliphatic carbocycles. The number of hydrogen-bond donors (Lipinski definition) is 1. The van der Waals surface area contributed by atoms with E-state index in [1.54, 1.807) is 0 Å². The van der Waals surface area contributed by atoms with Crippen LogP contribution in [0.1, 0.15) is 50.1 Å². The summed E-state index contributed by atoms with van der Waals surface area (Å²) in [5.41, 5.74) is 0.785. The van der Waals surface area contributed by atoms with Crippen LogP contribution >= 0.6 is 0 Å². The quantitative estimate of drug-likeness (QED) is 0.841. The lowest BCUT2D eigenvalue weighted by Gasteiger charge is -2.13. The van der Waals surface area contributed by atoms with Gasteiger partial charge in [-0.25, -0.2) is 0 Å². The number of nitrogens with zero attached hydrogens (tertiary/aromatic N) is 2. The van der Waals surface area contributed by atoms with E-state index < -0.39 is 6.10 Å². The zero-order chi connectivity index (χ0) is 14.4. The average molecular weight is 276 g/mol. The summed E-state index contributed by atoms with van der Waals surface area (Å²) in [7, 11) is 0. The van der Waals surface area contributed by atoms with Gasteiger partial charge in [0.25, 0.3) is 0 Å². The van der Waals surface area contributed by atoms with E-state index in [4.69, 9.17) is 9.26 Å². The van der Waals surface area contributed by atoms with Gasteiger partial charge in [0.15, 0.2) is 6.61 Å². The molecular formula is C15H20N2O3. The number of aromatic nitrogens is 2. The predicted octanol–water partition coefficient (Wildman–Crippen LogP) is 3.04. The third-order valence-corrected chi connectivity index (χ3v) is 3.00. The molecule has 1 heterocycles. The van der Waals surface area contributed by atoms with Gasteiger partial charge < -0.3 is 14.4 Å². The Morgan fingerprint density at radius 2 is 2.10 bits per heavy atom. The predicted molar refractivity (Wildman–Crippen MR) is 74.3 cm³/mol. The molecule has 20 heavy (non-hydrogen) atoms. The Morgan fingerprint density at radius 1 is 1.30 bits per heavy atom. The third kappa shape index (κ3) is 3.57. The van der Waals surface area contributed by atoms with Crippen LogP contribution in [0.25, 0.3) is 0 Å². The summed E-state index contributed by atoms with van der Waals surface area (Å²) in [4.78, 5) is 4.24. The van der Waals surface area contributed by atoms with Gasteiger partial charge in [-0.3, -0.25) is 0 Å². The fraction of sp³-hybridized carbons (Fsp3) is 0.467. The van der Waals surface area contributed by atoms with Gasteiger partial charge in [0.1, 0.15) is 5.75 Å². The van der Waals surface area contributed by atoms with Gasteiger partial charge in [0.05, 0.1) is 6.10 Å².